The highest BCUT2D eigenvalue weighted by Gasteiger charge is 2.03. The van der Waals surface area contributed by atoms with E-state index in [-0.39, 0.29) is 12.4 Å². The van der Waals surface area contributed by atoms with Crippen LogP contribution in [0, 0.1) is 12.7 Å². The Kier molecular flexibility index (Phi) is 3.95. The fourth-order valence-corrected chi connectivity index (χ4v) is 1.72. The topological polar surface area (TPSA) is 35.2 Å². The summed E-state index contributed by atoms with van der Waals surface area (Å²) in [6, 6.07) is 12.7. The minimum atomic E-state index is -0.320. The first-order valence-electron chi connectivity index (χ1n) is 5.86. The molecule has 0 unspecified atom stereocenters. The molecular formula is C15H16FNO. The van der Waals surface area contributed by atoms with Gasteiger partial charge in [0.1, 0.15) is 18.2 Å². The third-order valence-corrected chi connectivity index (χ3v) is 2.90. The average molecular weight is 245 g/mol. The number of hydrogen-bond acceptors (Lipinski definition) is 2. The van der Waals surface area contributed by atoms with Crippen LogP contribution in [0.5, 0.6) is 5.75 Å². The Bertz CT molecular complexity index is 540. The summed E-state index contributed by atoms with van der Waals surface area (Å²) in [6.07, 6.45) is 0. The maximum Gasteiger partial charge on any atom is 0.131 e. The number of rotatable bonds is 4. The fourth-order valence-electron chi connectivity index (χ4n) is 1.72. The molecule has 2 N–H and O–H groups in total. The number of ether oxygens (including phenoxy) is 1. The molecule has 0 bridgehead atoms. The Morgan fingerprint density at radius 1 is 1.11 bits per heavy atom. The molecule has 0 saturated heterocycles. The van der Waals surface area contributed by atoms with Crippen LogP contribution in [0.15, 0.2) is 42.5 Å². The van der Waals surface area contributed by atoms with E-state index < -0.39 is 0 Å². The highest BCUT2D eigenvalue weighted by Crippen LogP contribution is 2.18. The zero-order valence-corrected chi connectivity index (χ0v) is 10.3. The zero-order valence-electron chi connectivity index (χ0n) is 10.3. The van der Waals surface area contributed by atoms with E-state index in [1.54, 1.807) is 12.1 Å². The first-order valence-corrected chi connectivity index (χ1v) is 5.86. The van der Waals surface area contributed by atoms with Gasteiger partial charge in [0.2, 0.25) is 0 Å². The van der Waals surface area contributed by atoms with Crippen molar-refractivity contribution in [1.82, 2.24) is 0 Å². The Labute approximate surface area is 106 Å². The van der Waals surface area contributed by atoms with Gasteiger partial charge in [0.15, 0.2) is 0 Å². The third kappa shape index (κ3) is 2.87. The summed E-state index contributed by atoms with van der Waals surface area (Å²) in [5.41, 5.74) is 8.16. The van der Waals surface area contributed by atoms with Gasteiger partial charge in [-0.3, -0.25) is 0 Å². The van der Waals surface area contributed by atoms with E-state index in [0.29, 0.717) is 17.9 Å². The van der Waals surface area contributed by atoms with Gasteiger partial charge in [-0.05, 0) is 24.1 Å². The Balaban J connectivity index is 2.07. The summed E-state index contributed by atoms with van der Waals surface area (Å²) in [4.78, 5) is 0. The van der Waals surface area contributed by atoms with Crippen molar-refractivity contribution >= 4 is 0 Å². The summed E-state index contributed by atoms with van der Waals surface area (Å²) in [6.45, 7) is 2.66. The summed E-state index contributed by atoms with van der Waals surface area (Å²) in [5.74, 6) is 0.202. The lowest BCUT2D eigenvalue weighted by molar-refractivity contribution is 0.303. The molecule has 0 heterocycles. The van der Waals surface area contributed by atoms with Crippen molar-refractivity contribution in [2.45, 2.75) is 20.1 Å². The second-order valence-electron chi connectivity index (χ2n) is 4.17. The molecule has 0 amide bonds. The van der Waals surface area contributed by atoms with Crippen molar-refractivity contribution < 1.29 is 9.13 Å². The van der Waals surface area contributed by atoms with E-state index in [9.17, 15) is 4.39 Å². The van der Waals surface area contributed by atoms with Gasteiger partial charge in [0, 0.05) is 18.2 Å². The van der Waals surface area contributed by atoms with Gasteiger partial charge >= 0.3 is 0 Å². The van der Waals surface area contributed by atoms with Crippen molar-refractivity contribution in [3.05, 3.63) is 65.0 Å². The minimum Gasteiger partial charge on any atom is -0.489 e. The van der Waals surface area contributed by atoms with E-state index in [1.165, 1.54) is 6.07 Å². The predicted octanol–water partition coefficient (Wildman–Crippen LogP) is 3.17. The highest BCUT2D eigenvalue weighted by atomic mass is 19.1. The number of nitrogens with two attached hydrogens (primary N) is 1. The first kappa shape index (κ1) is 12.6. The molecule has 0 radical (unpaired) electrons. The van der Waals surface area contributed by atoms with Gasteiger partial charge < -0.3 is 10.5 Å². The molecule has 2 aromatic rings. The summed E-state index contributed by atoms with van der Waals surface area (Å²) in [7, 11) is 0. The van der Waals surface area contributed by atoms with E-state index in [1.807, 2.05) is 31.2 Å². The van der Waals surface area contributed by atoms with Crippen LogP contribution in [0.1, 0.15) is 16.7 Å². The highest BCUT2D eigenvalue weighted by molar-refractivity contribution is 5.30. The maximum atomic E-state index is 13.5. The average Bonchev–Trinajstić information content (AvgIpc) is 2.38. The lowest BCUT2D eigenvalue weighted by Gasteiger charge is -2.09. The summed E-state index contributed by atoms with van der Waals surface area (Å²) < 4.78 is 19.1. The molecule has 0 aromatic heterocycles. The van der Waals surface area contributed by atoms with Gasteiger partial charge in [-0.25, -0.2) is 4.39 Å². The molecule has 2 rings (SSSR count). The smallest absolute Gasteiger partial charge is 0.131 e. The first-order chi connectivity index (χ1) is 8.70. The van der Waals surface area contributed by atoms with Crippen LogP contribution in [0.3, 0.4) is 0 Å². The van der Waals surface area contributed by atoms with Gasteiger partial charge in [0.05, 0.1) is 0 Å². The molecular weight excluding hydrogens is 229 g/mol. The van der Waals surface area contributed by atoms with Crippen LogP contribution < -0.4 is 10.5 Å². The molecule has 2 nitrogen and oxygen atoms in total. The quantitative estimate of drug-likeness (QED) is 0.898. The number of aryl methyl sites for hydroxylation is 1. The van der Waals surface area contributed by atoms with E-state index >= 15 is 0 Å². The van der Waals surface area contributed by atoms with Crippen LogP contribution >= 0.6 is 0 Å². The third-order valence-electron chi connectivity index (χ3n) is 2.90. The molecule has 3 heteroatoms. The second kappa shape index (κ2) is 5.65. The van der Waals surface area contributed by atoms with Crippen LogP contribution in [-0.2, 0) is 13.2 Å². The second-order valence-corrected chi connectivity index (χ2v) is 4.17. The van der Waals surface area contributed by atoms with Crippen molar-refractivity contribution in [2.75, 3.05) is 0 Å². The van der Waals surface area contributed by atoms with Gasteiger partial charge in [0.25, 0.3) is 0 Å². The number of benzene rings is 2. The van der Waals surface area contributed by atoms with Crippen LogP contribution in [-0.4, -0.2) is 0 Å². The molecule has 0 aliphatic heterocycles. The molecule has 0 aliphatic carbocycles. The summed E-state index contributed by atoms with van der Waals surface area (Å²) in [5, 5.41) is 0. The monoisotopic (exact) mass is 245 g/mol. The maximum absolute atomic E-state index is 13.5. The van der Waals surface area contributed by atoms with Crippen molar-refractivity contribution in [1.29, 1.82) is 0 Å². The van der Waals surface area contributed by atoms with Crippen molar-refractivity contribution in [3.63, 3.8) is 0 Å². The van der Waals surface area contributed by atoms with Gasteiger partial charge in [-0.2, -0.15) is 0 Å². The zero-order chi connectivity index (χ0) is 13.0. The largest absolute Gasteiger partial charge is 0.489 e. The van der Waals surface area contributed by atoms with E-state index in [2.05, 4.69) is 0 Å². The molecule has 0 saturated carbocycles. The molecule has 2 aromatic carbocycles. The van der Waals surface area contributed by atoms with Crippen molar-refractivity contribution in [3.8, 4) is 5.75 Å². The molecule has 18 heavy (non-hydrogen) atoms. The molecule has 0 fully saturated rings. The molecule has 94 valence electrons. The Morgan fingerprint density at radius 2 is 1.89 bits per heavy atom. The van der Waals surface area contributed by atoms with Gasteiger partial charge in [-0.15, -0.1) is 0 Å². The Morgan fingerprint density at radius 3 is 2.56 bits per heavy atom. The SMILES string of the molecule is Cc1ccccc1COc1ccc(CN)c(F)c1. The van der Waals surface area contributed by atoms with Crippen LogP contribution in [0.4, 0.5) is 4.39 Å². The van der Waals surface area contributed by atoms with E-state index in [4.69, 9.17) is 10.5 Å². The van der Waals surface area contributed by atoms with Crippen LogP contribution in [0.25, 0.3) is 0 Å². The lowest BCUT2D eigenvalue weighted by atomic mass is 10.1. The molecule has 0 atom stereocenters. The minimum absolute atomic E-state index is 0.198. The molecule has 0 aliphatic rings. The number of hydrogen-bond donors (Lipinski definition) is 1. The molecule has 0 spiro atoms. The predicted molar refractivity (Wildman–Crippen MR) is 69.8 cm³/mol. The van der Waals surface area contributed by atoms with Gasteiger partial charge in [-0.1, -0.05) is 30.3 Å². The fraction of sp³-hybridized carbons (Fsp3) is 0.200. The van der Waals surface area contributed by atoms with Crippen molar-refractivity contribution in [2.24, 2.45) is 5.73 Å². The van der Waals surface area contributed by atoms with Crippen LogP contribution in [0.2, 0.25) is 0 Å². The summed E-state index contributed by atoms with van der Waals surface area (Å²) >= 11 is 0. The normalized spacial score (nSPS) is 10.4. The standard InChI is InChI=1S/C15H16FNO/c1-11-4-2-3-5-13(11)10-18-14-7-6-12(9-17)15(16)8-14/h2-8H,9-10,17H2,1H3. The Hall–Kier alpha value is -1.87. The number of halogens is 1. The lowest BCUT2D eigenvalue weighted by Crippen LogP contribution is -2.01. The van der Waals surface area contributed by atoms with E-state index in [0.717, 1.165) is 11.1 Å².